The van der Waals surface area contributed by atoms with Crippen molar-refractivity contribution < 1.29 is 18.0 Å². The average Bonchev–Trinajstić information content (AvgIpc) is 3.55. The summed E-state index contributed by atoms with van der Waals surface area (Å²) in [5.41, 5.74) is 1.71. The summed E-state index contributed by atoms with van der Waals surface area (Å²) in [6.45, 7) is 8.27. The highest BCUT2D eigenvalue weighted by Crippen LogP contribution is 2.39. The first-order valence-corrected chi connectivity index (χ1v) is 12.7. The van der Waals surface area contributed by atoms with E-state index < -0.39 is 10.0 Å². The van der Waals surface area contributed by atoms with Crippen LogP contribution < -0.4 is 9.62 Å². The van der Waals surface area contributed by atoms with E-state index in [1.807, 2.05) is 16.7 Å². The van der Waals surface area contributed by atoms with Crippen LogP contribution in [0.5, 0.6) is 0 Å². The molecule has 1 N–H and O–H groups in total. The van der Waals surface area contributed by atoms with Gasteiger partial charge in [-0.2, -0.15) is 0 Å². The van der Waals surface area contributed by atoms with Crippen molar-refractivity contribution in [2.45, 2.75) is 50.5 Å². The molecule has 1 unspecified atom stereocenters. The Morgan fingerprint density at radius 3 is 2.48 bits per heavy atom. The molecule has 0 spiro atoms. The monoisotopic (exact) mass is 448 g/mol. The van der Waals surface area contributed by atoms with Crippen LogP contribution in [0.25, 0.3) is 0 Å². The molecule has 170 valence electrons. The van der Waals surface area contributed by atoms with Gasteiger partial charge >= 0.3 is 0 Å². The van der Waals surface area contributed by atoms with E-state index in [1.165, 1.54) is 0 Å². The van der Waals surface area contributed by atoms with Crippen LogP contribution in [0.4, 0.5) is 5.69 Å². The van der Waals surface area contributed by atoms with Gasteiger partial charge < -0.3 is 14.7 Å². The smallest absolute Gasteiger partial charge is 0.240 e. The van der Waals surface area contributed by atoms with Crippen molar-refractivity contribution in [2.24, 2.45) is 5.92 Å². The Labute approximate surface area is 184 Å². The van der Waals surface area contributed by atoms with E-state index in [4.69, 9.17) is 0 Å². The number of benzene rings is 1. The lowest BCUT2D eigenvalue weighted by atomic mass is 10.1. The van der Waals surface area contributed by atoms with Crippen LogP contribution in [0.1, 0.15) is 38.7 Å². The number of anilines is 1. The maximum atomic E-state index is 12.8. The summed E-state index contributed by atoms with van der Waals surface area (Å²) >= 11 is 0. The number of nitrogens with one attached hydrogen (secondary N) is 1. The van der Waals surface area contributed by atoms with E-state index in [-0.39, 0.29) is 41.6 Å². The van der Waals surface area contributed by atoms with Gasteiger partial charge in [0.2, 0.25) is 21.8 Å². The van der Waals surface area contributed by atoms with Crippen LogP contribution in [-0.4, -0.2) is 75.3 Å². The fraction of sp³-hybridized carbons (Fsp3) is 0.636. The zero-order valence-corrected chi connectivity index (χ0v) is 19.2. The molecule has 9 heteroatoms. The topological polar surface area (TPSA) is 90.0 Å². The molecule has 2 aliphatic heterocycles. The van der Waals surface area contributed by atoms with Gasteiger partial charge in [0, 0.05) is 56.8 Å². The first-order valence-electron chi connectivity index (χ1n) is 11.3. The van der Waals surface area contributed by atoms with Crippen molar-refractivity contribution >= 4 is 27.5 Å². The molecular weight excluding hydrogens is 416 g/mol. The number of carbonyl (C=O) groups is 2. The van der Waals surface area contributed by atoms with Gasteiger partial charge in [-0.15, -0.1) is 0 Å². The molecule has 2 heterocycles. The van der Waals surface area contributed by atoms with Crippen LogP contribution in [-0.2, 0) is 26.0 Å². The number of likely N-dealkylation sites (N-methyl/N-ethyl adjacent to an activating group) is 1. The summed E-state index contributed by atoms with van der Waals surface area (Å²) in [4.78, 5) is 31.1. The van der Waals surface area contributed by atoms with Crippen molar-refractivity contribution in [1.82, 2.24) is 14.5 Å². The number of fused-ring (bicyclic) bond motifs is 1. The molecule has 3 aliphatic rings. The van der Waals surface area contributed by atoms with Gasteiger partial charge in [-0.05, 0) is 56.5 Å². The molecule has 1 aliphatic carbocycles. The summed E-state index contributed by atoms with van der Waals surface area (Å²) in [6.07, 6.45) is 2.69. The van der Waals surface area contributed by atoms with Gasteiger partial charge in [0.15, 0.2) is 0 Å². The van der Waals surface area contributed by atoms with Crippen LogP contribution in [0.2, 0.25) is 0 Å². The number of amides is 2. The number of rotatable bonds is 7. The second-order valence-corrected chi connectivity index (χ2v) is 10.6. The van der Waals surface area contributed by atoms with Crippen molar-refractivity contribution in [3.05, 3.63) is 23.8 Å². The van der Waals surface area contributed by atoms with Crippen molar-refractivity contribution in [3.63, 3.8) is 0 Å². The van der Waals surface area contributed by atoms with Gasteiger partial charge in [-0.3, -0.25) is 9.59 Å². The van der Waals surface area contributed by atoms with E-state index in [1.54, 1.807) is 18.2 Å². The molecule has 1 aromatic rings. The highest BCUT2D eigenvalue weighted by atomic mass is 32.2. The molecule has 8 nitrogen and oxygen atoms in total. The average molecular weight is 449 g/mol. The summed E-state index contributed by atoms with van der Waals surface area (Å²) in [7, 11) is -3.71. The number of sulfonamides is 1. The van der Waals surface area contributed by atoms with Gasteiger partial charge in [0.1, 0.15) is 0 Å². The van der Waals surface area contributed by atoms with E-state index in [0.717, 1.165) is 43.7 Å². The third kappa shape index (κ3) is 4.78. The molecule has 1 aromatic carbocycles. The SMILES string of the molecule is CCN1CCN(C(=O)CCNS(=O)(=O)c2ccc3c(c2)CC(C)N3C(=O)C2CC2)CC1. The maximum absolute atomic E-state index is 12.8. The van der Waals surface area contributed by atoms with Gasteiger partial charge in [0.05, 0.1) is 4.90 Å². The highest BCUT2D eigenvalue weighted by molar-refractivity contribution is 7.89. The molecule has 2 amide bonds. The Balaban J connectivity index is 1.35. The lowest BCUT2D eigenvalue weighted by Gasteiger charge is -2.34. The molecule has 2 fully saturated rings. The van der Waals surface area contributed by atoms with Gasteiger partial charge in [-0.25, -0.2) is 13.1 Å². The number of piperazine rings is 1. The predicted octanol–water partition coefficient (Wildman–Crippen LogP) is 1.21. The Bertz CT molecular complexity index is 952. The molecule has 1 saturated carbocycles. The summed E-state index contributed by atoms with van der Waals surface area (Å²) in [6, 6.07) is 5.00. The summed E-state index contributed by atoms with van der Waals surface area (Å²) in [5.74, 6) is 0.259. The highest BCUT2D eigenvalue weighted by Gasteiger charge is 2.39. The number of hydrogen-bond donors (Lipinski definition) is 1. The first-order chi connectivity index (χ1) is 14.8. The van der Waals surface area contributed by atoms with Crippen molar-refractivity contribution in [1.29, 1.82) is 0 Å². The summed E-state index contributed by atoms with van der Waals surface area (Å²) in [5, 5.41) is 0. The van der Waals surface area contributed by atoms with E-state index in [0.29, 0.717) is 19.5 Å². The van der Waals surface area contributed by atoms with E-state index >= 15 is 0 Å². The number of nitrogens with zero attached hydrogens (tertiary/aromatic N) is 3. The number of hydrogen-bond acceptors (Lipinski definition) is 5. The minimum atomic E-state index is -3.71. The zero-order chi connectivity index (χ0) is 22.2. The first kappa shape index (κ1) is 22.2. The van der Waals surface area contributed by atoms with Crippen LogP contribution in [0, 0.1) is 5.92 Å². The predicted molar refractivity (Wildman–Crippen MR) is 118 cm³/mol. The maximum Gasteiger partial charge on any atom is 0.240 e. The Hall–Kier alpha value is -1.97. The molecule has 1 saturated heterocycles. The third-order valence-corrected chi connectivity index (χ3v) is 8.00. The van der Waals surface area contributed by atoms with Crippen LogP contribution in [0.15, 0.2) is 23.1 Å². The lowest BCUT2D eigenvalue weighted by molar-refractivity contribution is -0.132. The lowest BCUT2D eigenvalue weighted by Crippen LogP contribution is -2.49. The minimum Gasteiger partial charge on any atom is -0.340 e. The van der Waals surface area contributed by atoms with Crippen molar-refractivity contribution in [2.75, 3.05) is 44.2 Å². The molecule has 4 rings (SSSR count). The van der Waals surface area contributed by atoms with Gasteiger partial charge in [-0.1, -0.05) is 6.92 Å². The normalized spacial score (nSPS) is 21.9. The molecular formula is C22H32N4O4S. The van der Waals surface area contributed by atoms with Crippen molar-refractivity contribution in [3.8, 4) is 0 Å². The third-order valence-electron chi connectivity index (χ3n) is 6.54. The second-order valence-electron chi connectivity index (χ2n) is 8.79. The Kier molecular flexibility index (Phi) is 6.37. The zero-order valence-electron chi connectivity index (χ0n) is 18.3. The van der Waals surface area contributed by atoms with Crippen LogP contribution >= 0.6 is 0 Å². The molecule has 0 radical (unpaired) electrons. The standard InChI is InChI=1S/C22H32N4O4S/c1-3-24-10-12-25(13-11-24)21(27)8-9-23-31(29,30)19-6-7-20-18(15-19)14-16(2)26(20)22(28)17-4-5-17/h6-7,15-17,23H,3-5,8-14H2,1-2H3. The molecule has 1 atom stereocenters. The second kappa shape index (κ2) is 8.88. The minimum absolute atomic E-state index is 0.0181. The van der Waals surface area contributed by atoms with Gasteiger partial charge in [0.25, 0.3) is 0 Å². The van der Waals surface area contributed by atoms with Crippen LogP contribution in [0.3, 0.4) is 0 Å². The Morgan fingerprint density at radius 2 is 1.84 bits per heavy atom. The largest absolute Gasteiger partial charge is 0.340 e. The molecule has 0 bridgehead atoms. The Morgan fingerprint density at radius 1 is 1.13 bits per heavy atom. The fourth-order valence-electron chi connectivity index (χ4n) is 4.48. The molecule has 31 heavy (non-hydrogen) atoms. The van der Waals surface area contributed by atoms with E-state index in [2.05, 4.69) is 16.5 Å². The molecule has 0 aromatic heterocycles. The quantitative estimate of drug-likeness (QED) is 0.677. The van der Waals surface area contributed by atoms with E-state index in [9.17, 15) is 18.0 Å². The summed E-state index contributed by atoms with van der Waals surface area (Å²) < 4.78 is 28.1. The fourth-order valence-corrected chi connectivity index (χ4v) is 5.57. The number of carbonyl (C=O) groups excluding carboxylic acids is 2.